The smallest absolute Gasteiger partial charge is 0.168 e. The molecule has 1 heterocycles. The van der Waals surface area contributed by atoms with Crippen LogP contribution in [0.25, 0.3) is 0 Å². The van der Waals surface area contributed by atoms with Gasteiger partial charge in [-0.25, -0.2) is 4.98 Å². The van der Waals surface area contributed by atoms with E-state index in [1.807, 2.05) is 19.2 Å². The summed E-state index contributed by atoms with van der Waals surface area (Å²) in [6.07, 6.45) is 3.74. The molecule has 1 aromatic heterocycles. The maximum absolute atomic E-state index is 5.72. The van der Waals surface area contributed by atoms with Crippen LogP contribution in [0.15, 0.2) is 12.1 Å². The summed E-state index contributed by atoms with van der Waals surface area (Å²) >= 11 is 0. The van der Waals surface area contributed by atoms with Crippen LogP contribution in [-0.2, 0) is 6.42 Å². The predicted molar refractivity (Wildman–Crippen MR) is 56.8 cm³/mol. The topological polar surface area (TPSA) is 34.1 Å². The van der Waals surface area contributed by atoms with Crippen LogP contribution in [0.2, 0.25) is 0 Å². The molecule has 1 saturated carbocycles. The van der Waals surface area contributed by atoms with Gasteiger partial charge in [0, 0.05) is 12.7 Å². The van der Waals surface area contributed by atoms with Crippen molar-refractivity contribution in [3.05, 3.63) is 17.8 Å². The quantitative estimate of drug-likeness (QED) is 0.794. The predicted octanol–water partition coefficient (Wildman–Crippen LogP) is 2.23. The second-order valence-electron chi connectivity index (χ2n) is 3.57. The average molecular weight is 192 g/mol. The first kappa shape index (κ1) is 9.31. The van der Waals surface area contributed by atoms with Gasteiger partial charge in [0.15, 0.2) is 11.6 Å². The van der Waals surface area contributed by atoms with Gasteiger partial charge in [-0.1, -0.05) is 6.92 Å². The number of nitrogens with one attached hydrogen (secondary N) is 1. The fraction of sp³-hybridized carbons (Fsp3) is 0.545. The van der Waals surface area contributed by atoms with Gasteiger partial charge in [0.1, 0.15) is 0 Å². The summed E-state index contributed by atoms with van der Waals surface area (Å²) in [4.78, 5) is 4.45. The monoisotopic (exact) mass is 192 g/mol. The van der Waals surface area contributed by atoms with Gasteiger partial charge in [-0.05, 0) is 31.4 Å². The van der Waals surface area contributed by atoms with E-state index in [-0.39, 0.29) is 0 Å². The van der Waals surface area contributed by atoms with Crippen molar-refractivity contribution >= 4 is 5.82 Å². The maximum atomic E-state index is 5.72. The Balaban J connectivity index is 2.19. The highest BCUT2D eigenvalue weighted by Crippen LogP contribution is 2.30. The first-order valence-corrected chi connectivity index (χ1v) is 5.17. The van der Waals surface area contributed by atoms with Crippen LogP contribution in [0.4, 0.5) is 5.82 Å². The van der Waals surface area contributed by atoms with E-state index in [1.54, 1.807) is 0 Å². The van der Waals surface area contributed by atoms with E-state index in [2.05, 4.69) is 17.2 Å². The summed E-state index contributed by atoms with van der Waals surface area (Å²) in [5, 5.41) is 3.07. The zero-order valence-corrected chi connectivity index (χ0v) is 8.71. The summed E-state index contributed by atoms with van der Waals surface area (Å²) in [5.74, 6) is 1.74. The van der Waals surface area contributed by atoms with Crippen molar-refractivity contribution in [3.8, 4) is 5.75 Å². The molecular formula is C11H16N2O. The minimum atomic E-state index is 0.427. The maximum Gasteiger partial charge on any atom is 0.168 e. The SMILES string of the molecule is CCc1ccc(OC2CC2)c(NC)n1. The molecule has 0 amide bonds. The molecule has 1 aromatic rings. The Morgan fingerprint density at radius 3 is 2.86 bits per heavy atom. The van der Waals surface area contributed by atoms with E-state index >= 15 is 0 Å². The number of anilines is 1. The Labute approximate surface area is 84.5 Å². The molecule has 0 aromatic carbocycles. The summed E-state index contributed by atoms with van der Waals surface area (Å²) in [6, 6.07) is 4.04. The van der Waals surface area contributed by atoms with Crippen molar-refractivity contribution in [2.75, 3.05) is 12.4 Å². The highest BCUT2D eigenvalue weighted by atomic mass is 16.5. The van der Waals surface area contributed by atoms with Crippen LogP contribution in [0, 0.1) is 0 Å². The van der Waals surface area contributed by atoms with E-state index in [0.717, 1.165) is 23.7 Å². The molecule has 0 saturated heterocycles. The Morgan fingerprint density at radius 1 is 1.50 bits per heavy atom. The summed E-state index contributed by atoms with van der Waals surface area (Å²) in [6.45, 7) is 2.10. The van der Waals surface area contributed by atoms with E-state index < -0.39 is 0 Å². The summed E-state index contributed by atoms with van der Waals surface area (Å²) in [5.41, 5.74) is 1.09. The summed E-state index contributed by atoms with van der Waals surface area (Å²) < 4.78 is 5.72. The normalized spacial score (nSPS) is 15.3. The van der Waals surface area contributed by atoms with Crippen molar-refractivity contribution in [1.82, 2.24) is 4.98 Å². The number of ether oxygens (including phenoxy) is 1. The third-order valence-electron chi connectivity index (χ3n) is 2.33. The largest absolute Gasteiger partial charge is 0.487 e. The van der Waals surface area contributed by atoms with Crippen LogP contribution in [0.5, 0.6) is 5.75 Å². The van der Waals surface area contributed by atoms with Crippen LogP contribution in [0.3, 0.4) is 0 Å². The lowest BCUT2D eigenvalue weighted by molar-refractivity contribution is 0.303. The van der Waals surface area contributed by atoms with Gasteiger partial charge in [-0.3, -0.25) is 0 Å². The van der Waals surface area contributed by atoms with Crippen LogP contribution in [0.1, 0.15) is 25.5 Å². The molecule has 0 spiro atoms. The molecule has 0 unspecified atom stereocenters. The molecule has 1 aliphatic rings. The zero-order chi connectivity index (χ0) is 9.97. The van der Waals surface area contributed by atoms with E-state index in [0.29, 0.717) is 6.10 Å². The van der Waals surface area contributed by atoms with Gasteiger partial charge < -0.3 is 10.1 Å². The molecular weight excluding hydrogens is 176 g/mol. The van der Waals surface area contributed by atoms with Crippen molar-refractivity contribution in [3.63, 3.8) is 0 Å². The molecule has 0 aliphatic heterocycles. The molecule has 2 rings (SSSR count). The van der Waals surface area contributed by atoms with Crippen molar-refractivity contribution < 1.29 is 4.74 Å². The first-order valence-electron chi connectivity index (χ1n) is 5.17. The average Bonchev–Trinajstić information content (AvgIpc) is 3.02. The van der Waals surface area contributed by atoms with Crippen LogP contribution >= 0.6 is 0 Å². The fourth-order valence-corrected chi connectivity index (χ4v) is 1.32. The Hall–Kier alpha value is -1.25. The number of aryl methyl sites for hydroxylation is 1. The van der Waals surface area contributed by atoms with Crippen LogP contribution < -0.4 is 10.1 Å². The molecule has 0 radical (unpaired) electrons. The molecule has 1 fully saturated rings. The first-order chi connectivity index (χ1) is 6.83. The van der Waals surface area contributed by atoms with Crippen molar-refractivity contribution in [2.24, 2.45) is 0 Å². The number of nitrogens with zero attached hydrogens (tertiary/aromatic N) is 1. The molecule has 14 heavy (non-hydrogen) atoms. The highest BCUT2D eigenvalue weighted by molar-refractivity contribution is 5.50. The van der Waals surface area contributed by atoms with Gasteiger partial charge >= 0.3 is 0 Å². The number of aromatic nitrogens is 1. The van der Waals surface area contributed by atoms with Gasteiger partial charge in [-0.2, -0.15) is 0 Å². The number of hydrogen-bond acceptors (Lipinski definition) is 3. The van der Waals surface area contributed by atoms with Gasteiger partial charge in [-0.15, -0.1) is 0 Å². The zero-order valence-electron chi connectivity index (χ0n) is 8.71. The van der Waals surface area contributed by atoms with E-state index in [4.69, 9.17) is 4.74 Å². The lowest BCUT2D eigenvalue weighted by Crippen LogP contribution is -2.03. The Kier molecular flexibility index (Phi) is 2.57. The molecule has 3 heteroatoms. The van der Waals surface area contributed by atoms with E-state index in [9.17, 15) is 0 Å². The van der Waals surface area contributed by atoms with Gasteiger partial charge in [0.2, 0.25) is 0 Å². The minimum absolute atomic E-state index is 0.427. The second-order valence-corrected chi connectivity index (χ2v) is 3.57. The van der Waals surface area contributed by atoms with Crippen LogP contribution in [-0.4, -0.2) is 18.1 Å². The van der Waals surface area contributed by atoms with Crippen molar-refractivity contribution in [2.45, 2.75) is 32.3 Å². The second kappa shape index (κ2) is 3.86. The highest BCUT2D eigenvalue weighted by Gasteiger charge is 2.24. The lowest BCUT2D eigenvalue weighted by Gasteiger charge is -2.10. The molecule has 0 bridgehead atoms. The third-order valence-corrected chi connectivity index (χ3v) is 2.33. The molecule has 1 aliphatic carbocycles. The minimum Gasteiger partial charge on any atom is -0.487 e. The number of pyridine rings is 1. The van der Waals surface area contributed by atoms with Gasteiger partial charge in [0.25, 0.3) is 0 Å². The molecule has 0 atom stereocenters. The standard InChI is InChI=1S/C11H16N2O/c1-3-8-4-7-10(11(12-2)13-8)14-9-5-6-9/h4,7,9H,3,5-6H2,1-2H3,(H,12,13). The molecule has 76 valence electrons. The molecule has 3 nitrogen and oxygen atoms in total. The number of rotatable bonds is 4. The Morgan fingerprint density at radius 2 is 2.29 bits per heavy atom. The van der Waals surface area contributed by atoms with Gasteiger partial charge in [0.05, 0.1) is 6.10 Å². The third kappa shape index (κ3) is 1.97. The Bertz CT molecular complexity index is 321. The number of hydrogen-bond donors (Lipinski definition) is 1. The fourth-order valence-electron chi connectivity index (χ4n) is 1.32. The van der Waals surface area contributed by atoms with Crippen molar-refractivity contribution in [1.29, 1.82) is 0 Å². The molecule has 1 N–H and O–H groups in total. The summed E-state index contributed by atoms with van der Waals surface area (Å²) in [7, 11) is 1.88. The lowest BCUT2D eigenvalue weighted by atomic mass is 10.3. The van der Waals surface area contributed by atoms with E-state index in [1.165, 1.54) is 12.8 Å².